The van der Waals surface area contributed by atoms with Crippen LogP contribution >= 0.6 is 0 Å². The van der Waals surface area contributed by atoms with E-state index in [0.717, 1.165) is 18.3 Å². The van der Waals surface area contributed by atoms with Crippen molar-refractivity contribution < 1.29 is 37.5 Å². The average Bonchev–Trinajstić information content (AvgIpc) is 2.21. The maximum Gasteiger partial charge on any atom is 0.125 e. The van der Waals surface area contributed by atoms with Gasteiger partial charge in [-0.2, -0.15) is 35.4 Å². The van der Waals surface area contributed by atoms with Crippen molar-refractivity contribution in [1.29, 1.82) is 0 Å². The van der Waals surface area contributed by atoms with Crippen LogP contribution in [0.3, 0.4) is 0 Å². The summed E-state index contributed by atoms with van der Waals surface area (Å²) < 4.78 is 0. The summed E-state index contributed by atoms with van der Waals surface area (Å²) in [5.41, 5.74) is 8.02. The third-order valence-electron chi connectivity index (χ3n) is 2.64. The molecule has 1 radical (unpaired) electrons. The van der Waals surface area contributed by atoms with E-state index >= 15 is 0 Å². The number of aryl methyl sites for hydroxylation is 1. The third kappa shape index (κ3) is 7.40. The fourth-order valence-corrected chi connectivity index (χ4v) is 1.76. The normalized spacial score (nSPS) is 12.0. The van der Waals surface area contributed by atoms with Gasteiger partial charge in [0.2, 0.25) is 0 Å². The van der Waals surface area contributed by atoms with Gasteiger partial charge in [0.05, 0.1) is 0 Å². The summed E-state index contributed by atoms with van der Waals surface area (Å²) in [6.45, 7) is 5.85. The van der Waals surface area contributed by atoms with E-state index in [-0.39, 0.29) is 51.6 Å². The Balaban J connectivity index is 0. The van der Waals surface area contributed by atoms with Gasteiger partial charge < -0.3 is 10.5 Å². The fraction of sp³-hybridized carbons (Fsp3) is 0.533. The zero-order valence-corrected chi connectivity index (χ0v) is 13.7. The van der Waals surface area contributed by atoms with Crippen molar-refractivity contribution in [3.05, 3.63) is 35.4 Å². The molecule has 3 heteroatoms. The van der Waals surface area contributed by atoms with Crippen LogP contribution in [0, 0.1) is 18.4 Å². The molecule has 99 valence electrons. The molecule has 1 aromatic carbocycles. The zero-order valence-electron chi connectivity index (χ0n) is 10.9. The summed E-state index contributed by atoms with van der Waals surface area (Å²) in [4.78, 5) is 10.8. The minimum Gasteiger partial charge on any atom is -0.328 e. The molecule has 0 aliphatic heterocycles. The van der Waals surface area contributed by atoms with Gasteiger partial charge in [-0.25, -0.2) is 0 Å². The van der Waals surface area contributed by atoms with E-state index in [1.807, 2.05) is 32.9 Å². The van der Waals surface area contributed by atoms with Crippen molar-refractivity contribution in [2.75, 3.05) is 0 Å². The van der Waals surface area contributed by atoms with Crippen LogP contribution in [0.1, 0.15) is 38.8 Å². The van der Waals surface area contributed by atoms with E-state index in [2.05, 4.69) is 12.1 Å². The molecule has 0 fully saturated rings. The quantitative estimate of drug-likeness (QED) is 0.669. The number of carbonyl (C=O) groups is 1. The average molecular weight is 323 g/mol. The molecule has 0 amide bonds. The van der Waals surface area contributed by atoms with Crippen molar-refractivity contribution in [2.24, 2.45) is 11.1 Å². The van der Waals surface area contributed by atoms with E-state index in [9.17, 15) is 4.79 Å². The molecule has 0 spiro atoms. The number of aldehydes is 1. The van der Waals surface area contributed by atoms with Crippen LogP contribution < -0.4 is 5.73 Å². The van der Waals surface area contributed by atoms with Crippen molar-refractivity contribution in [3.63, 3.8) is 0 Å². The Hall–Kier alpha value is -0.0461. The van der Waals surface area contributed by atoms with Crippen LogP contribution in [0.4, 0.5) is 0 Å². The molecule has 1 unspecified atom stereocenters. The van der Waals surface area contributed by atoms with Crippen molar-refractivity contribution in [2.45, 2.75) is 47.1 Å². The summed E-state index contributed by atoms with van der Waals surface area (Å²) in [7, 11) is 0. The van der Waals surface area contributed by atoms with Crippen LogP contribution in [-0.2, 0) is 43.9 Å². The number of carbonyl (C=O) groups excluding carboxylic acids is 1. The summed E-state index contributed by atoms with van der Waals surface area (Å²) in [6, 6.07) is 9.26. The maximum absolute atomic E-state index is 10.8. The molecule has 0 aliphatic carbocycles. The van der Waals surface area contributed by atoms with Gasteiger partial charge in [-0.1, -0.05) is 34.6 Å². The van der Waals surface area contributed by atoms with E-state index in [1.54, 1.807) is 0 Å². The molecule has 0 aliphatic rings. The molecule has 18 heavy (non-hydrogen) atoms. The molecule has 0 bridgehead atoms. The predicted molar refractivity (Wildman–Crippen MR) is 72.9 cm³/mol. The first-order valence-electron chi connectivity index (χ1n) is 5.62. The number of hydrogen-bond donors (Lipinski definition) is 1. The standard InChI is InChI=1S/C14H20NO.CH4.Y/c1-11-4-6-12(7-5-11)8-13(15)9-14(2,3)10-16;;/h4,6-7,10,13H,8-9,15H2,1-3H3;1H4;/q-1;;. The zero-order chi connectivity index (χ0) is 12.2. The molecule has 1 aromatic rings. The summed E-state index contributed by atoms with van der Waals surface area (Å²) in [5, 5.41) is 0. The van der Waals surface area contributed by atoms with Gasteiger partial charge in [-0.3, -0.25) is 0 Å². The Morgan fingerprint density at radius 2 is 2.06 bits per heavy atom. The smallest absolute Gasteiger partial charge is 0.125 e. The number of rotatable bonds is 5. The predicted octanol–water partition coefficient (Wildman–Crippen LogP) is 2.91. The van der Waals surface area contributed by atoms with Gasteiger partial charge in [0.1, 0.15) is 6.29 Å². The Labute approximate surface area is 137 Å². The van der Waals surface area contributed by atoms with E-state index in [1.165, 1.54) is 5.56 Å². The molecule has 0 saturated heterocycles. The van der Waals surface area contributed by atoms with Crippen LogP contribution in [0.25, 0.3) is 0 Å². The van der Waals surface area contributed by atoms with E-state index in [0.29, 0.717) is 6.42 Å². The maximum atomic E-state index is 10.8. The fourth-order valence-electron chi connectivity index (χ4n) is 1.76. The number of benzene rings is 1. The van der Waals surface area contributed by atoms with Gasteiger partial charge in [-0.05, 0) is 12.5 Å². The molecule has 2 nitrogen and oxygen atoms in total. The molecular weight excluding hydrogens is 299 g/mol. The second kappa shape index (κ2) is 8.95. The van der Waals surface area contributed by atoms with Gasteiger partial charge in [0.15, 0.2) is 0 Å². The Morgan fingerprint density at radius 1 is 1.44 bits per heavy atom. The molecule has 0 aromatic heterocycles. The van der Waals surface area contributed by atoms with Crippen molar-refractivity contribution >= 4 is 6.29 Å². The monoisotopic (exact) mass is 323 g/mol. The van der Waals surface area contributed by atoms with E-state index < -0.39 is 0 Å². The third-order valence-corrected chi connectivity index (χ3v) is 2.64. The second-order valence-corrected chi connectivity index (χ2v) is 5.15. The van der Waals surface area contributed by atoms with Crippen LogP contribution in [0.2, 0.25) is 0 Å². The molecule has 2 N–H and O–H groups in total. The largest absolute Gasteiger partial charge is 0.328 e. The molecule has 1 atom stereocenters. The van der Waals surface area contributed by atoms with Crippen LogP contribution in [-0.4, -0.2) is 12.3 Å². The SMILES string of the molecule is C.Cc1[c-]cc(CC(N)CC(C)(C)C=O)cc1.[Y]. The molecule has 1 rings (SSSR count). The van der Waals surface area contributed by atoms with Crippen molar-refractivity contribution in [1.82, 2.24) is 0 Å². The molecular formula is C15H24NOY-. The first kappa shape index (κ1) is 20.3. The van der Waals surface area contributed by atoms with E-state index in [4.69, 9.17) is 5.73 Å². The van der Waals surface area contributed by atoms with Gasteiger partial charge in [0.25, 0.3) is 0 Å². The second-order valence-electron chi connectivity index (χ2n) is 5.15. The van der Waals surface area contributed by atoms with Crippen LogP contribution in [0.5, 0.6) is 0 Å². The minimum absolute atomic E-state index is 0. The summed E-state index contributed by atoms with van der Waals surface area (Å²) in [5.74, 6) is 0. The van der Waals surface area contributed by atoms with Crippen LogP contribution in [0.15, 0.2) is 18.2 Å². The Kier molecular flexibility index (Phi) is 10.1. The molecule has 0 saturated carbocycles. The first-order chi connectivity index (χ1) is 7.43. The van der Waals surface area contributed by atoms with Crippen molar-refractivity contribution in [3.8, 4) is 0 Å². The van der Waals surface area contributed by atoms with Gasteiger partial charge in [0, 0.05) is 38.1 Å². The molecule has 0 heterocycles. The summed E-state index contributed by atoms with van der Waals surface area (Å²) >= 11 is 0. The van der Waals surface area contributed by atoms with Gasteiger partial charge in [-0.15, -0.1) is 0 Å². The Morgan fingerprint density at radius 3 is 2.50 bits per heavy atom. The first-order valence-corrected chi connectivity index (χ1v) is 5.62. The number of nitrogens with two attached hydrogens (primary N) is 1. The topological polar surface area (TPSA) is 43.1 Å². The Bertz CT molecular complexity index is 346. The number of hydrogen-bond acceptors (Lipinski definition) is 2. The van der Waals surface area contributed by atoms with Gasteiger partial charge >= 0.3 is 0 Å². The minimum atomic E-state index is -0.326. The summed E-state index contributed by atoms with van der Waals surface area (Å²) in [6.07, 6.45) is 2.49.